The Morgan fingerprint density at radius 3 is 2.72 bits per heavy atom. The molecule has 1 heterocycles. The van der Waals surface area contributed by atoms with Gasteiger partial charge in [-0.1, -0.05) is 55.5 Å². The second-order valence-electron chi connectivity index (χ2n) is 6.49. The Morgan fingerprint density at radius 1 is 1.34 bits per heavy atom. The summed E-state index contributed by atoms with van der Waals surface area (Å²) in [5, 5.41) is 12.9. The monoisotopic (exact) mass is 414 g/mol. The first-order chi connectivity index (χ1) is 14.0. The molecule has 0 aliphatic carbocycles. The third kappa shape index (κ3) is 6.29. The first kappa shape index (κ1) is 22.4. The van der Waals surface area contributed by atoms with Crippen molar-refractivity contribution in [1.29, 1.82) is 0 Å². The topological polar surface area (TPSA) is 80.7 Å². The Labute approximate surface area is 176 Å². The lowest BCUT2D eigenvalue weighted by Gasteiger charge is -2.24. The van der Waals surface area contributed by atoms with Crippen molar-refractivity contribution in [2.24, 2.45) is 0 Å². The molecule has 2 rings (SSSR count). The predicted octanol–water partition coefficient (Wildman–Crippen LogP) is 3.74. The lowest BCUT2D eigenvalue weighted by molar-refractivity contribution is -0.148. The SMILES string of the molecule is C=CCCC(OC(=O)CNC(=S)c1nccc(OC)c1O)C(C)c1ccccc1. The fraction of sp³-hybridized carbons (Fsp3) is 0.318. The zero-order valence-electron chi connectivity index (χ0n) is 16.6. The number of methoxy groups -OCH3 is 1. The highest BCUT2D eigenvalue weighted by molar-refractivity contribution is 7.80. The van der Waals surface area contributed by atoms with Crippen molar-refractivity contribution in [2.45, 2.75) is 31.8 Å². The maximum absolute atomic E-state index is 12.4. The third-order valence-corrected chi connectivity index (χ3v) is 4.87. The molecule has 2 unspecified atom stereocenters. The van der Waals surface area contributed by atoms with E-state index >= 15 is 0 Å². The van der Waals surface area contributed by atoms with E-state index in [1.165, 1.54) is 19.4 Å². The molecule has 0 aliphatic heterocycles. The smallest absolute Gasteiger partial charge is 0.325 e. The molecular weight excluding hydrogens is 388 g/mol. The molecule has 154 valence electrons. The zero-order chi connectivity index (χ0) is 21.2. The Balaban J connectivity index is 1.99. The number of hydrogen-bond acceptors (Lipinski definition) is 6. The van der Waals surface area contributed by atoms with E-state index in [1.807, 2.05) is 43.3 Å². The van der Waals surface area contributed by atoms with Gasteiger partial charge in [-0.2, -0.15) is 0 Å². The van der Waals surface area contributed by atoms with Crippen molar-refractivity contribution in [2.75, 3.05) is 13.7 Å². The Bertz CT molecular complexity index is 842. The quantitative estimate of drug-likeness (QED) is 0.348. The maximum atomic E-state index is 12.4. The molecule has 1 aromatic carbocycles. The van der Waals surface area contributed by atoms with Crippen LogP contribution < -0.4 is 10.1 Å². The molecule has 0 radical (unpaired) electrons. The van der Waals surface area contributed by atoms with Gasteiger partial charge >= 0.3 is 5.97 Å². The van der Waals surface area contributed by atoms with Crippen LogP contribution >= 0.6 is 12.2 Å². The summed E-state index contributed by atoms with van der Waals surface area (Å²) >= 11 is 5.24. The number of carbonyl (C=O) groups excluding carboxylic acids is 1. The summed E-state index contributed by atoms with van der Waals surface area (Å²) in [6.45, 7) is 5.65. The second kappa shape index (κ2) is 11.2. The number of ether oxygens (including phenoxy) is 2. The number of nitrogens with zero attached hydrogens (tertiary/aromatic N) is 1. The number of rotatable bonds is 10. The largest absolute Gasteiger partial charge is 0.503 e. The van der Waals surface area contributed by atoms with E-state index in [4.69, 9.17) is 21.7 Å². The van der Waals surface area contributed by atoms with Gasteiger partial charge in [-0.25, -0.2) is 4.98 Å². The van der Waals surface area contributed by atoms with Gasteiger partial charge < -0.3 is 19.9 Å². The van der Waals surface area contributed by atoms with Crippen LogP contribution in [-0.4, -0.2) is 40.8 Å². The molecule has 0 saturated carbocycles. The Kier molecular flexibility index (Phi) is 8.61. The van der Waals surface area contributed by atoms with Crippen molar-refractivity contribution in [3.05, 3.63) is 66.5 Å². The lowest BCUT2D eigenvalue weighted by Crippen LogP contribution is -2.34. The minimum Gasteiger partial charge on any atom is -0.503 e. The molecule has 7 heteroatoms. The fourth-order valence-electron chi connectivity index (χ4n) is 2.88. The van der Waals surface area contributed by atoms with Crippen molar-refractivity contribution in [3.8, 4) is 11.5 Å². The summed E-state index contributed by atoms with van der Waals surface area (Å²) in [7, 11) is 1.43. The van der Waals surface area contributed by atoms with Crippen LogP contribution in [0.4, 0.5) is 0 Å². The van der Waals surface area contributed by atoms with Crippen LogP contribution in [0.2, 0.25) is 0 Å². The molecule has 0 amide bonds. The van der Waals surface area contributed by atoms with Gasteiger partial charge in [0, 0.05) is 18.2 Å². The molecule has 2 N–H and O–H groups in total. The van der Waals surface area contributed by atoms with Gasteiger partial charge in [-0.05, 0) is 18.4 Å². The number of hydrogen-bond donors (Lipinski definition) is 2. The summed E-state index contributed by atoms with van der Waals surface area (Å²) in [6.07, 6.45) is 4.40. The fourth-order valence-corrected chi connectivity index (χ4v) is 3.10. The second-order valence-corrected chi connectivity index (χ2v) is 6.90. The molecule has 0 aliphatic rings. The van der Waals surface area contributed by atoms with Crippen molar-refractivity contribution in [3.63, 3.8) is 0 Å². The van der Waals surface area contributed by atoms with Crippen molar-refractivity contribution < 1.29 is 19.4 Å². The van der Waals surface area contributed by atoms with Crippen LogP contribution in [0, 0.1) is 0 Å². The van der Waals surface area contributed by atoms with Crippen molar-refractivity contribution >= 4 is 23.2 Å². The summed E-state index contributed by atoms with van der Waals surface area (Å²) in [5.41, 5.74) is 1.25. The molecular formula is C22H26N2O4S. The molecule has 0 spiro atoms. The van der Waals surface area contributed by atoms with E-state index in [1.54, 1.807) is 0 Å². The average molecular weight is 415 g/mol. The lowest BCUT2D eigenvalue weighted by atomic mass is 9.92. The predicted molar refractivity (Wildman–Crippen MR) is 116 cm³/mol. The van der Waals surface area contributed by atoms with E-state index in [2.05, 4.69) is 16.9 Å². The van der Waals surface area contributed by atoms with E-state index < -0.39 is 5.97 Å². The number of carbonyl (C=O) groups is 1. The highest BCUT2D eigenvalue weighted by Crippen LogP contribution is 2.28. The first-order valence-corrected chi connectivity index (χ1v) is 9.74. The minimum atomic E-state index is -0.438. The molecule has 1 aromatic heterocycles. The van der Waals surface area contributed by atoms with Gasteiger partial charge in [-0.3, -0.25) is 4.79 Å². The van der Waals surface area contributed by atoms with Crippen LogP contribution in [0.1, 0.15) is 36.9 Å². The first-order valence-electron chi connectivity index (χ1n) is 9.33. The van der Waals surface area contributed by atoms with Gasteiger partial charge in [0.15, 0.2) is 11.5 Å². The summed E-state index contributed by atoms with van der Waals surface area (Å²) in [4.78, 5) is 16.6. The number of pyridine rings is 1. The van der Waals surface area contributed by atoms with Crippen LogP contribution in [0.15, 0.2) is 55.3 Å². The molecule has 29 heavy (non-hydrogen) atoms. The van der Waals surface area contributed by atoms with Crippen molar-refractivity contribution in [1.82, 2.24) is 10.3 Å². The van der Waals surface area contributed by atoms with Crippen LogP contribution in [0.5, 0.6) is 11.5 Å². The van der Waals surface area contributed by atoms with E-state index in [-0.39, 0.29) is 40.7 Å². The van der Waals surface area contributed by atoms with Gasteiger partial charge in [0.1, 0.15) is 23.3 Å². The Morgan fingerprint density at radius 2 is 2.07 bits per heavy atom. The highest BCUT2D eigenvalue weighted by Gasteiger charge is 2.23. The summed E-state index contributed by atoms with van der Waals surface area (Å²) < 4.78 is 10.8. The third-order valence-electron chi connectivity index (χ3n) is 4.54. The molecule has 2 atom stereocenters. The maximum Gasteiger partial charge on any atom is 0.325 e. The number of aromatic hydroxyl groups is 1. The number of nitrogens with one attached hydrogen (secondary N) is 1. The Hall–Kier alpha value is -2.93. The number of allylic oxidation sites excluding steroid dienone is 1. The van der Waals surface area contributed by atoms with E-state index in [0.717, 1.165) is 12.0 Å². The molecule has 2 aromatic rings. The van der Waals surface area contributed by atoms with Crippen LogP contribution in [0.25, 0.3) is 0 Å². The zero-order valence-corrected chi connectivity index (χ0v) is 17.4. The van der Waals surface area contributed by atoms with E-state index in [9.17, 15) is 9.90 Å². The van der Waals surface area contributed by atoms with Gasteiger partial charge in [-0.15, -0.1) is 6.58 Å². The van der Waals surface area contributed by atoms with Crippen LogP contribution in [0.3, 0.4) is 0 Å². The van der Waals surface area contributed by atoms with E-state index in [0.29, 0.717) is 6.42 Å². The highest BCUT2D eigenvalue weighted by atomic mass is 32.1. The number of aromatic nitrogens is 1. The number of esters is 1. The van der Waals surface area contributed by atoms with Crippen LogP contribution in [-0.2, 0) is 9.53 Å². The summed E-state index contributed by atoms with van der Waals surface area (Å²) in [5.74, 6) is -0.326. The molecule has 0 fully saturated rings. The van der Waals surface area contributed by atoms with Gasteiger partial charge in [0.2, 0.25) is 0 Å². The normalized spacial score (nSPS) is 12.5. The average Bonchev–Trinajstić information content (AvgIpc) is 2.75. The number of benzene rings is 1. The van der Waals surface area contributed by atoms with Gasteiger partial charge in [0.05, 0.1) is 7.11 Å². The minimum absolute atomic E-state index is 0.0381. The standard InChI is InChI=1S/C22H26N2O4S/c1-4-5-11-17(15(2)16-9-7-6-8-10-16)28-19(25)14-24-22(29)20-21(26)18(27-3)12-13-23-20/h4,6-10,12-13,15,17,26H,1,5,11,14H2,2-3H3,(H,24,29). The van der Waals surface area contributed by atoms with Gasteiger partial charge in [0.25, 0.3) is 0 Å². The summed E-state index contributed by atoms with van der Waals surface area (Å²) in [6, 6.07) is 11.4. The molecule has 0 saturated heterocycles. The molecule has 6 nitrogen and oxygen atoms in total. The number of thiocarbonyl (C=S) groups is 1. The molecule has 0 bridgehead atoms.